The Labute approximate surface area is 108 Å². The van der Waals surface area contributed by atoms with E-state index < -0.39 is 23.7 Å². The van der Waals surface area contributed by atoms with Crippen LogP contribution in [-0.2, 0) is 4.79 Å². The maximum Gasteiger partial charge on any atom is 0.422 e. The van der Waals surface area contributed by atoms with Crippen LogP contribution in [0.5, 0.6) is 0 Å². The Balaban J connectivity index is 5.15. The van der Waals surface area contributed by atoms with Crippen LogP contribution >= 0.6 is 0 Å². The molecule has 0 aliphatic carbocycles. The number of aliphatic carboxylic acids is 1. The molecule has 19 heavy (non-hydrogen) atoms. The Morgan fingerprint density at radius 3 is 1.95 bits per heavy atom. The lowest BCUT2D eigenvalue weighted by Gasteiger charge is -2.31. The number of urea groups is 1. The number of alkyl halides is 3. The molecule has 0 fully saturated rings. The third-order valence-electron chi connectivity index (χ3n) is 2.34. The van der Waals surface area contributed by atoms with Gasteiger partial charge in [0.25, 0.3) is 0 Å². The molecular weight excluding hydrogens is 265 g/mol. The van der Waals surface area contributed by atoms with Gasteiger partial charge in [0.05, 0.1) is 0 Å². The standard InChI is InChI=1S/C11H15F3N2O3/c1-4-6-16(7-5-2)9(19)15-10(3,8(17)18)11(12,13)14/h4-5H,1-2,6-7H2,3H3,(H,15,19)(H,17,18). The average Bonchev–Trinajstić information content (AvgIpc) is 2.26. The van der Waals surface area contributed by atoms with Crippen LogP contribution in [0.25, 0.3) is 0 Å². The van der Waals surface area contributed by atoms with Gasteiger partial charge in [0.1, 0.15) is 0 Å². The number of amides is 2. The molecule has 1 unspecified atom stereocenters. The van der Waals surface area contributed by atoms with Gasteiger partial charge in [0.15, 0.2) is 0 Å². The molecule has 0 aromatic rings. The highest BCUT2D eigenvalue weighted by Crippen LogP contribution is 2.30. The number of carboxylic acids is 1. The zero-order valence-corrected chi connectivity index (χ0v) is 10.3. The maximum absolute atomic E-state index is 12.7. The number of halogens is 3. The first-order valence-electron chi connectivity index (χ1n) is 5.19. The van der Waals surface area contributed by atoms with Crippen LogP contribution in [0.1, 0.15) is 6.92 Å². The highest BCUT2D eigenvalue weighted by Gasteiger charge is 2.58. The number of rotatable bonds is 6. The molecule has 2 N–H and O–H groups in total. The van der Waals surface area contributed by atoms with Crippen LogP contribution in [-0.4, -0.2) is 46.8 Å². The Morgan fingerprint density at radius 2 is 1.68 bits per heavy atom. The monoisotopic (exact) mass is 280 g/mol. The molecule has 0 saturated heterocycles. The van der Waals surface area contributed by atoms with E-state index in [0.717, 1.165) is 4.90 Å². The van der Waals surface area contributed by atoms with Crippen molar-refractivity contribution in [1.29, 1.82) is 0 Å². The lowest BCUT2D eigenvalue weighted by Crippen LogP contribution is -2.64. The topological polar surface area (TPSA) is 69.6 Å². The number of carboxylic acid groups (broad SMARTS) is 1. The summed E-state index contributed by atoms with van der Waals surface area (Å²) < 4.78 is 38.1. The van der Waals surface area contributed by atoms with E-state index in [0.29, 0.717) is 6.92 Å². The number of hydrogen-bond donors (Lipinski definition) is 2. The molecule has 0 aromatic carbocycles. The maximum atomic E-state index is 12.7. The smallest absolute Gasteiger partial charge is 0.422 e. The van der Waals surface area contributed by atoms with Gasteiger partial charge in [-0.1, -0.05) is 12.2 Å². The van der Waals surface area contributed by atoms with Gasteiger partial charge in [-0.2, -0.15) is 13.2 Å². The minimum absolute atomic E-state index is 0.0363. The molecule has 0 aliphatic heterocycles. The molecule has 8 heteroatoms. The van der Waals surface area contributed by atoms with Gasteiger partial charge in [0.2, 0.25) is 5.54 Å². The Morgan fingerprint density at radius 1 is 1.26 bits per heavy atom. The second-order valence-electron chi connectivity index (χ2n) is 3.84. The second-order valence-corrected chi connectivity index (χ2v) is 3.84. The molecule has 0 aromatic heterocycles. The molecule has 0 radical (unpaired) electrons. The van der Waals surface area contributed by atoms with Crippen LogP contribution in [0.2, 0.25) is 0 Å². The summed E-state index contributed by atoms with van der Waals surface area (Å²) in [7, 11) is 0. The van der Waals surface area contributed by atoms with Crippen LogP contribution in [0.4, 0.5) is 18.0 Å². The third kappa shape index (κ3) is 4.01. The van der Waals surface area contributed by atoms with Gasteiger partial charge in [0, 0.05) is 13.1 Å². The zero-order chi connectivity index (χ0) is 15.3. The Kier molecular flexibility index (Phi) is 5.60. The lowest BCUT2D eigenvalue weighted by molar-refractivity contribution is -0.203. The van der Waals surface area contributed by atoms with Crippen LogP contribution < -0.4 is 5.32 Å². The summed E-state index contributed by atoms with van der Waals surface area (Å²) in [5.41, 5.74) is -3.36. The predicted octanol–water partition coefficient (Wildman–Crippen LogP) is 1.78. The second kappa shape index (κ2) is 6.26. The number of nitrogens with zero attached hydrogens (tertiary/aromatic N) is 1. The molecule has 0 rings (SSSR count). The van der Waals surface area contributed by atoms with Crippen molar-refractivity contribution in [3.05, 3.63) is 25.3 Å². The highest BCUT2D eigenvalue weighted by molar-refractivity contribution is 5.86. The molecular formula is C11H15F3N2O3. The van der Waals surface area contributed by atoms with Crippen molar-refractivity contribution in [3.63, 3.8) is 0 Å². The van der Waals surface area contributed by atoms with Gasteiger partial charge in [-0.25, -0.2) is 9.59 Å². The van der Waals surface area contributed by atoms with E-state index in [2.05, 4.69) is 13.2 Å². The molecule has 0 aliphatic rings. The first-order valence-corrected chi connectivity index (χ1v) is 5.19. The predicted molar refractivity (Wildman–Crippen MR) is 62.6 cm³/mol. The molecule has 108 valence electrons. The molecule has 2 amide bonds. The molecule has 5 nitrogen and oxygen atoms in total. The minimum Gasteiger partial charge on any atom is -0.479 e. The fourth-order valence-electron chi connectivity index (χ4n) is 1.09. The number of carbonyl (C=O) groups excluding carboxylic acids is 1. The van der Waals surface area contributed by atoms with Gasteiger partial charge >= 0.3 is 18.2 Å². The van der Waals surface area contributed by atoms with Crippen molar-refractivity contribution in [3.8, 4) is 0 Å². The van der Waals surface area contributed by atoms with Crippen LogP contribution in [0.15, 0.2) is 25.3 Å². The average molecular weight is 280 g/mol. The van der Waals surface area contributed by atoms with Crippen LogP contribution in [0, 0.1) is 0 Å². The van der Waals surface area contributed by atoms with Gasteiger partial charge < -0.3 is 15.3 Å². The van der Waals surface area contributed by atoms with Crippen molar-refractivity contribution < 1.29 is 27.9 Å². The molecule has 0 bridgehead atoms. The zero-order valence-electron chi connectivity index (χ0n) is 10.3. The highest BCUT2D eigenvalue weighted by atomic mass is 19.4. The van der Waals surface area contributed by atoms with E-state index in [4.69, 9.17) is 5.11 Å². The first-order chi connectivity index (χ1) is 8.60. The number of carbonyl (C=O) groups is 2. The lowest BCUT2D eigenvalue weighted by atomic mass is 10.0. The van der Waals surface area contributed by atoms with Gasteiger partial charge in [-0.15, -0.1) is 13.2 Å². The quantitative estimate of drug-likeness (QED) is 0.729. The number of hydrogen-bond acceptors (Lipinski definition) is 2. The summed E-state index contributed by atoms with van der Waals surface area (Å²) in [5, 5.41) is 10.1. The van der Waals surface area contributed by atoms with Crippen molar-refractivity contribution in [2.75, 3.05) is 13.1 Å². The van der Waals surface area contributed by atoms with Crippen molar-refractivity contribution in [1.82, 2.24) is 10.2 Å². The fourth-order valence-corrected chi connectivity index (χ4v) is 1.09. The van der Waals surface area contributed by atoms with E-state index in [9.17, 15) is 22.8 Å². The summed E-state index contributed by atoms with van der Waals surface area (Å²) in [6.45, 7) is 7.01. The van der Waals surface area contributed by atoms with Crippen molar-refractivity contribution in [2.24, 2.45) is 0 Å². The normalized spacial score (nSPS) is 14.1. The first kappa shape index (κ1) is 17.0. The fraction of sp³-hybridized carbons (Fsp3) is 0.455. The van der Waals surface area contributed by atoms with Gasteiger partial charge in [-0.05, 0) is 6.92 Å². The molecule has 0 heterocycles. The van der Waals surface area contributed by atoms with E-state index in [-0.39, 0.29) is 13.1 Å². The number of nitrogens with one attached hydrogen (secondary N) is 1. The summed E-state index contributed by atoms with van der Waals surface area (Å²) >= 11 is 0. The summed E-state index contributed by atoms with van der Waals surface area (Å²) in [5.74, 6) is -2.19. The SMILES string of the molecule is C=CCN(CC=C)C(=O)NC(C)(C(=O)O)C(F)(F)F. The van der Waals surface area contributed by atoms with Crippen LogP contribution in [0.3, 0.4) is 0 Å². The van der Waals surface area contributed by atoms with Crippen molar-refractivity contribution in [2.45, 2.75) is 18.6 Å². The summed E-state index contributed by atoms with van der Waals surface area (Å²) in [4.78, 5) is 23.3. The molecule has 1 atom stereocenters. The Hall–Kier alpha value is -1.99. The van der Waals surface area contributed by atoms with E-state index in [1.54, 1.807) is 0 Å². The molecule has 0 spiro atoms. The van der Waals surface area contributed by atoms with E-state index >= 15 is 0 Å². The van der Waals surface area contributed by atoms with Gasteiger partial charge in [-0.3, -0.25) is 0 Å². The van der Waals surface area contributed by atoms with E-state index in [1.165, 1.54) is 17.5 Å². The Bertz CT molecular complexity index is 372. The van der Waals surface area contributed by atoms with Crippen molar-refractivity contribution >= 4 is 12.0 Å². The molecule has 0 saturated carbocycles. The third-order valence-corrected chi connectivity index (χ3v) is 2.34. The minimum atomic E-state index is -5.12. The van der Waals surface area contributed by atoms with E-state index in [1.807, 2.05) is 0 Å². The summed E-state index contributed by atoms with van der Waals surface area (Å²) in [6, 6.07) is -1.16. The largest absolute Gasteiger partial charge is 0.479 e. The summed E-state index contributed by atoms with van der Waals surface area (Å²) in [6.07, 6.45) is -2.52.